The van der Waals surface area contributed by atoms with Crippen LogP contribution in [0.25, 0.3) is 0 Å². The van der Waals surface area contributed by atoms with Gasteiger partial charge >= 0.3 is 0 Å². The summed E-state index contributed by atoms with van der Waals surface area (Å²) in [7, 11) is 1.62. The number of amides is 2. The van der Waals surface area contributed by atoms with Gasteiger partial charge < -0.3 is 15.4 Å². The van der Waals surface area contributed by atoms with E-state index in [9.17, 15) is 9.59 Å². The minimum Gasteiger partial charge on any atom is -0.497 e. The van der Waals surface area contributed by atoms with E-state index in [-0.39, 0.29) is 11.9 Å². The first-order chi connectivity index (χ1) is 14.6. The maximum Gasteiger partial charge on any atom is 0.255 e. The van der Waals surface area contributed by atoms with E-state index in [4.69, 9.17) is 10.5 Å². The Morgan fingerprint density at radius 2 is 1.67 bits per heavy atom. The Balaban J connectivity index is 1.85. The van der Waals surface area contributed by atoms with Gasteiger partial charge in [0.05, 0.1) is 13.2 Å². The highest BCUT2D eigenvalue weighted by atomic mass is 16.5. The number of hydrogen-bond acceptors (Lipinski definition) is 3. The van der Waals surface area contributed by atoms with Crippen LogP contribution in [0.5, 0.6) is 5.75 Å². The first-order valence-electron chi connectivity index (χ1n) is 9.99. The third-order valence-electron chi connectivity index (χ3n) is 5.65. The molecule has 0 radical (unpaired) electrons. The van der Waals surface area contributed by atoms with Gasteiger partial charge in [-0.15, -0.1) is 0 Å². The van der Waals surface area contributed by atoms with Crippen molar-refractivity contribution in [3.05, 3.63) is 101 Å². The molecule has 2 atom stereocenters. The molecule has 30 heavy (non-hydrogen) atoms. The van der Waals surface area contributed by atoms with Crippen LogP contribution in [0, 0.1) is 0 Å². The summed E-state index contributed by atoms with van der Waals surface area (Å²) in [6.07, 6.45) is 1.54. The first kappa shape index (κ1) is 19.7. The lowest BCUT2D eigenvalue weighted by molar-refractivity contribution is -0.123. The summed E-state index contributed by atoms with van der Waals surface area (Å²) < 4.78 is 5.41. The van der Waals surface area contributed by atoms with Gasteiger partial charge in [0.25, 0.3) is 5.91 Å². The Hall–Kier alpha value is -3.60. The van der Waals surface area contributed by atoms with Crippen LogP contribution in [0.15, 0.2) is 78.9 Å². The van der Waals surface area contributed by atoms with Crippen LogP contribution in [0.1, 0.15) is 45.6 Å². The minimum absolute atomic E-state index is 0.219. The number of fused-ring (bicyclic) bond motifs is 1. The lowest BCUT2D eigenvalue weighted by atomic mass is 9.98. The van der Waals surface area contributed by atoms with Crippen molar-refractivity contribution in [3.63, 3.8) is 0 Å². The maximum absolute atomic E-state index is 13.7. The predicted octanol–water partition coefficient (Wildman–Crippen LogP) is 4.05. The number of carbonyl (C=O) groups excluding carboxylic acids is 2. The molecule has 5 nitrogen and oxygen atoms in total. The Morgan fingerprint density at radius 3 is 2.30 bits per heavy atom. The standard InChI is InChI=1S/C25H24N2O3/c1-30-20-14-12-17-13-15-22(21(17)16-20)27(25(29)19-10-6-3-7-11-19)23(24(26)28)18-8-4-2-5-9-18/h2-12,14,16,22-23H,13,15H2,1H3,(H2,26,28)/t22-,23?/m1/s1. The molecule has 2 N–H and O–H groups in total. The molecule has 2 amide bonds. The summed E-state index contributed by atoms with van der Waals surface area (Å²) in [6.45, 7) is 0. The third-order valence-corrected chi connectivity index (χ3v) is 5.65. The highest BCUT2D eigenvalue weighted by molar-refractivity contribution is 5.98. The van der Waals surface area contributed by atoms with E-state index in [0.717, 1.165) is 29.7 Å². The monoisotopic (exact) mass is 400 g/mol. The molecular weight excluding hydrogens is 376 g/mol. The summed E-state index contributed by atoms with van der Waals surface area (Å²) >= 11 is 0. The number of benzene rings is 3. The van der Waals surface area contributed by atoms with Gasteiger partial charge in [-0.3, -0.25) is 9.59 Å². The molecule has 1 unspecified atom stereocenters. The molecule has 4 rings (SSSR count). The van der Waals surface area contributed by atoms with E-state index in [1.807, 2.05) is 66.7 Å². The second-order valence-electron chi connectivity index (χ2n) is 7.41. The third kappa shape index (κ3) is 3.66. The van der Waals surface area contributed by atoms with Gasteiger partial charge in [0.2, 0.25) is 5.91 Å². The van der Waals surface area contributed by atoms with E-state index in [1.165, 1.54) is 0 Å². The van der Waals surface area contributed by atoms with Gasteiger partial charge in [-0.1, -0.05) is 54.6 Å². The zero-order chi connectivity index (χ0) is 21.1. The van der Waals surface area contributed by atoms with Crippen molar-refractivity contribution in [3.8, 4) is 5.75 Å². The molecule has 0 saturated carbocycles. The number of methoxy groups -OCH3 is 1. The quantitative estimate of drug-likeness (QED) is 0.678. The van der Waals surface area contributed by atoms with Crippen LogP contribution in [-0.2, 0) is 11.2 Å². The van der Waals surface area contributed by atoms with Gasteiger partial charge in [0.15, 0.2) is 0 Å². The number of nitrogens with zero attached hydrogens (tertiary/aromatic N) is 1. The Bertz CT molecular complexity index is 1050. The minimum atomic E-state index is -0.874. The van der Waals surface area contributed by atoms with Crippen molar-refractivity contribution in [1.82, 2.24) is 4.90 Å². The van der Waals surface area contributed by atoms with Crippen LogP contribution in [-0.4, -0.2) is 23.8 Å². The summed E-state index contributed by atoms with van der Waals surface area (Å²) in [5.41, 5.74) is 9.25. The molecule has 0 aliphatic heterocycles. The molecule has 0 heterocycles. The molecular formula is C25H24N2O3. The summed E-state index contributed by atoms with van der Waals surface area (Å²) in [5.74, 6) is -0.0474. The Labute approximate surface area is 176 Å². The van der Waals surface area contributed by atoms with E-state index in [1.54, 1.807) is 24.1 Å². The van der Waals surface area contributed by atoms with Crippen molar-refractivity contribution in [1.29, 1.82) is 0 Å². The van der Waals surface area contributed by atoms with Crippen LogP contribution < -0.4 is 10.5 Å². The highest BCUT2D eigenvalue weighted by Crippen LogP contribution is 2.42. The van der Waals surface area contributed by atoms with E-state index < -0.39 is 11.9 Å². The number of aryl methyl sites for hydroxylation is 1. The van der Waals surface area contributed by atoms with Crippen LogP contribution in [0.4, 0.5) is 0 Å². The summed E-state index contributed by atoms with van der Waals surface area (Å²) in [6, 6.07) is 23.0. The van der Waals surface area contributed by atoms with E-state index in [0.29, 0.717) is 11.1 Å². The topological polar surface area (TPSA) is 72.6 Å². The average molecular weight is 400 g/mol. The fourth-order valence-corrected chi connectivity index (χ4v) is 4.24. The molecule has 1 aliphatic rings. The van der Waals surface area contributed by atoms with Crippen LogP contribution in [0.2, 0.25) is 0 Å². The van der Waals surface area contributed by atoms with Gasteiger partial charge in [-0.2, -0.15) is 0 Å². The average Bonchev–Trinajstić information content (AvgIpc) is 3.20. The number of primary amides is 1. The molecule has 152 valence electrons. The molecule has 3 aromatic carbocycles. The molecule has 0 saturated heterocycles. The fraction of sp³-hybridized carbons (Fsp3) is 0.200. The largest absolute Gasteiger partial charge is 0.497 e. The van der Waals surface area contributed by atoms with E-state index in [2.05, 4.69) is 0 Å². The maximum atomic E-state index is 13.7. The lowest BCUT2D eigenvalue weighted by Gasteiger charge is -2.36. The lowest BCUT2D eigenvalue weighted by Crippen LogP contribution is -2.43. The van der Waals surface area contributed by atoms with E-state index >= 15 is 0 Å². The molecule has 1 aliphatic carbocycles. The fourth-order valence-electron chi connectivity index (χ4n) is 4.24. The molecule has 5 heteroatoms. The van der Waals surface area contributed by atoms with Crippen molar-refractivity contribution >= 4 is 11.8 Å². The zero-order valence-corrected chi connectivity index (χ0v) is 16.8. The molecule has 0 spiro atoms. The summed E-state index contributed by atoms with van der Waals surface area (Å²) in [5, 5.41) is 0. The Morgan fingerprint density at radius 1 is 1.00 bits per heavy atom. The summed E-state index contributed by atoms with van der Waals surface area (Å²) in [4.78, 5) is 28.0. The molecule has 3 aromatic rings. The van der Waals surface area contributed by atoms with Crippen molar-refractivity contribution < 1.29 is 14.3 Å². The molecule has 0 fully saturated rings. The number of carbonyl (C=O) groups is 2. The smallest absolute Gasteiger partial charge is 0.255 e. The number of hydrogen-bond donors (Lipinski definition) is 1. The number of ether oxygens (including phenoxy) is 1. The molecule has 0 aromatic heterocycles. The van der Waals surface area contributed by atoms with Gasteiger partial charge in [0.1, 0.15) is 11.8 Å². The van der Waals surface area contributed by atoms with Crippen molar-refractivity contribution in [2.45, 2.75) is 24.9 Å². The van der Waals surface area contributed by atoms with Gasteiger partial charge in [-0.05, 0) is 53.8 Å². The van der Waals surface area contributed by atoms with Crippen molar-refractivity contribution in [2.75, 3.05) is 7.11 Å². The first-order valence-corrected chi connectivity index (χ1v) is 9.99. The highest BCUT2D eigenvalue weighted by Gasteiger charge is 2.39. The van der Waals surface area contributed by atoms with Crippen LogP contribution in [0.3, 0.4) is 0 Å². The van der Waals surface area contributed by atoms with Crippen molar-refractivity contribution in [2.24, 2.45) is 5.73 Å². The molecule has 0 bridgehead atoms. The second-order valence-corrected chi connectivity index (χ2v) is 7.41. The second kappa shape index (κ2) is 8.41. The van der Waals surface area contributed by atoms with Crippen LogP contribution >= 0.6 is 0 Å². The van der Waals surface area contributed by atoms with Gasteiger partial charge in [0, 0.05) is 5.56 Å². The number of nitrogens with two attached hydrogens (primary N) is 1. The normalized spacial score (nSPS) is 15.8. The number of rotatable bonds is 6. The zero-order valence-electron chi connectivity index (χ0n) is 16.8. The Kier molecular flexibility index (Phi) is 5.53. The van der Waals surface area contributed by atoms with Gasteiger partial charge in [-0.25, -0.2) is 0 Å². The predicted molar refractivity (Wildman–Crippen MR) is 115 cm³/mol. The SMILES string of the molecule is COc1ccc2c(c1)[C@H](N(C(=O)c1ccccc1)C(C(N)=O)c1ccccc1)CC2.